The summed E-state index contributed by atoms with van der Waals surface area (Å²) in [4.78, 5) is 24.7. The smallest absolute Gasteiger partial charge is 0.241 e. The molecule has 0 aromatic heterocycles. The molecular formula is C26H26Br2N4O4. The number of amides is 2. The van der Waals surface area contributed by atoms with Crippen molar-refractivity contribution < 1.29 is 19.1 Å². The van der Waals surface area contributed by atoms with Gasteiger partial charge in [0.15, 0.2) is 0 Å². The van der Waals surface area contributed by atoms with Crippen LogP contribution in [0.15, 0.2) is 57.8 Å². The standard InChI is InChI=1S/2C13H13BrN2O2/c1-7-13(3-4-15-7)8-5-11(18-2)9(14)6-10(8)16-12(13)17;1-7-13(5-6-15-7)10-8(16-12(13)17)3-4-9(18-2)11(10)14/h5-6,15H,1,3-4H2,2H3,(H,16,17);3-4,15H,1,5-6H2,2H3,(H,16,17). The lowest BCUT2D eigenvalue weighted by Crippen LogP contribution is -2.34. The third kappa shape index (κ3) is 3.30. The van der Waals surface area contributed by atoms with E-state index in [0.29, 0.717) is 0 Å². The molecule has 0 saturated carbocycles. The molecule has 4 N–H and O–H groups in total. The second kappa shape index (κ2) is 8.85. The largest absolute Gasteiger partial charge is 0.496 e. The van der Waals surface area contributed by atoms with Crippen molar-refractivity contribution in [2.24, 2.45) is 0 Å². The summed E-state index contributed by atoms with van der Waals surface area (Å²) in [6.07, 6.45) is 1.45. The van der Waals surface area contributed by atoms with Crippen LogP contribution in [-0.4, -0.2) is 39.1 Å². The van der Waals surface area contributed by atoms with Crippen molar-refractivity contribution in [3.63, 3.8) is 0 Å². The van der Waals surface area contributed by atoms with Crippen LogP contribution in [0.25, 0.3) is 0 Å². The fourth-order valence-electron chi connectivity index (χ4n) is 5.58. The summed E-state index contributed by atoms with van der Waals surface area (Å²) in [5, 5.41) is 12.2. The molecule has 4 aliphatic heterocycles. The van der Waals surface area contributed by atoms with Crippen molar-refractivity contribution in [2.75, 3.05) is 37.9 Å². The Morgan fingerprint density at radius 3 is 2.00 bits per heavy atom. The Labute approximate surface area is 226 Å². The zero-order chi connectivity index (χ0) is 25.8. The molecule has 2 aromatic rings. The molecule has 4 aliphatic rings. The first kappa shape index (κ1) is 24.7. The van der Waals surface area contributed by atoms with E-state index in [-0.39, 0.29) is 11.8 Å². The van der Waals surface area contributed by atoms with E-state index >= 15 is 0 Å². The molecule has 2 atom stereocenters. The van der Waals surface area contributed by atoms with E-state index in [4.69, 9.17) is 9.47 Å². The van der Waals surface area contributed by atoms with Crippen molar-refractivity contribution in [1.29, 1.82) is 0 Å². The molecule has 0 bridgehead atoms. The molecule has 4 heterocycles. The zero-order valence-electron chi connectivity index (χ0n) is 19.9. The van der Waals surface area contributed by atoms with Gasteiger partial charge in [-0.3, -0.25) is 9.59 Å². The molecule has 188 valence electrons. The van der Waals surface area contributed by atoms with Gasteiger partial charge in [0.05, 0.1) is 23.2 Å². The summed E-state index contributed by atoms with van der Waals surface area (Å²) in [5.74, 6) is 1.43. The summed E-state index contributed by atoms with van der Waals surface area (Å²) in [6, 6.07) is 7.51. The highest BCUT2D eigenvalue weighted by Crippen LogP contribution is 2.52. The maximum atomic E-state index is 12.3. The second-order valence-corrected chi connectivity index (χ2v) is 10.7. The molecule has 0 radical (unpaired) electrons. The molecule has 0 aliphatic carbocycles. The van der Waals surface area contributed by atoms with E-state index in [1.165, 1.54) is 0 Å². The van der Waals surface area contributed by atoms with Gasteiger partial charge in [-0.05, 0) is 69.0 Å². The molecule has 8 nitrogen and oxygen atoms in total. The maximum Gasteiger partial charge on any atom is 0.241 e. The van der Waals surface area contributed by atoms with Crippen LogP contribution in [0.5, 0.6) is 11.5 Å². The topological polar surface area (TPSA) is 101 Å². The summed E-state index contributed by atoms with van der Waals surface area (Å²) in [5.41, 5.74) is 3.77. The van der Waals surface area contributed by atoms with Crippen LogP contribution in [0, 0.1) is 0 Å². The molecule has 2 aromatic carbocycles. The average Bonchev–Trinajstić information content (AvgIpc) is 3.57. The Morgan fingerprint density at radius 2 is 1.42 bits per heavy atom. The highest BCUT2D eigenvalue weighted by molar-refractivity contribution is 9.11. The second-order valence-electron chi connectivity index (χ2n) is 9.07. The number of halogens is 2. The summed E-state index contributed by atoms with van der Waals surface area (Å²) < 4.78 is 12.3. The van der Waals surface area contributed by atoms with E-state index in [9.17, 15) is 9.59 Å². The number of nitrogens with one attached hydrogen (secondary N) is 4. The highest BCUT2D eigenvalue weighted by atomic mass is 79.9. The normalized spacial score (nSPS) is 25.0. The number of fused-ring (bicyclic) bond motifs is 4. The number of rotatable bonds is 2. The Kier molecular flexibility index (Phi) is 6.07. The molecule has 36 heavy (non-hydrogen) atoms. The highest BCUT2D eigenvalue weighted by Gasteiger charge is 2.53. The number of hydrogen-bond acceptors (Lipinski definition) is 6. The first-order valence-corrected chi connectivity index (χ1v) is 13.0. The third-order valence-corrected chi connectivity index (χ3v) is 8.89. The number of anilines is 2. The lowest BCUT2D eigenvalue weighted by atomic mass is 9.78. The molecule has 6 rings (SSSR count). The van der Waals surface area contributed by atoms with Crippen molar-refractivity contribution in [3.05, 3.63) is 68.9 Å². The zero-order valence-corrected chi connectivity index (χ0v) is 23.1. The number of ether oxygens (including phenoxy) is 2. The first-order valence-electron chi connectivity index (χ1n) is 11.4. The maximum absolute atomic E-state index is 12.3. The average molecular weight is 618 g/mol. The van der Waals surface area contributed by atoms with Crippen LogP contribution in [0.4, 0.5) is 11.4 Å². The number of benzene rings is 2. The van der Waals surface area contributed by atoms with Crippen molar-refractivity contribution >= 4 is 55.0 Å². The van der Waals surface area contributed by atoms with Gasteiger partial charge in [0.1, 0.15) is 22.3 Å². The van der Waals surface area contributed by atoms with Gasteiger partial charge in [-0.15, -0.1) is 0 Å². The van der Waals surface area contributed by atoms with Gasteiger partial charge >= 0.3 is 0 Å². The summed E-state index contributed by atoms with van der Waals surface area (Å²) >= 11 is 6.97. The van der Waals surface area contributed by atoms with Crippen molar-refractivity contribution in [2.45, 2.75) is 23.7 Å². The molecular weight excluding hydrogens is 592 g/mol. The molecule has 2 unspecified atom stereocenters. The fourth-order valence-corrected chi connectivity index (χ4v) is 6.93. The van der Waals surface area contributed by atoms with E-state index in [1.807, 2.05) is 24.3 Å². The third-order valence-electron chi connectivity index (χ3n) is 7.48. The Hall–Kier alpha value is -2.98. The Morgan fingerprint density at radius 1 is 0.833 bits per heavy atom. The minimum Gasteiger partial charge on any atom is -0.496 e. The molecule has 2 fully saturated rings. The van der Waals surface area contributed by atoms with Gasteiger partial charge in [0.25, 0.3) is 0 Å². The molecule has 10 heteroatoms. The van der Waals surface area contributed by atoms with E-state index in [0.717, 1.165) is 80.3 Å². The van der Waals surface area contributed by atoms with Crippen LogP contribution < -0.4 is 30.7 Å². The quantitative estimate of drug-likeness (QED) is 0.401. The SMILES string of the molecule is C=C1NCCC12C(=O)Nc1cc(Br)c(OC)cc12.C=C1NCCC12C(=O)Nc1ccc(OC)c(Br)c12. The van der Waals surface area contributed by atoms with E-state index in [1.54, 1.807) is 14.2 Å². The van der Waals surface area contributed by atoms with Crippen LogP contribution in [0.1, 0.15) is 24.0 Å². The monoisotopic (exact) mass is 616 g/mol. The lowest BCUT2D eigenvalue weighted by molar-refractivity contribution is -0.120. The summed E-state index contributed by atoms with van der Waals surface area (Å²) in [7, 11) is 3.23. The van der Waals surface area contributed by atoms with Crippen LogP contribution in [0.2, 0.25) is 0 Å². The van der Waals surface area contributed by atoms with E-state index < -0.39 is 10.8 Å². The molecule has 2 spiro atoms. The van der Waals surface area contributed by atoms with Crippen LogP contribution in [-0.2, 0) is 20.4 Å². The number of methoxy groups -OCH3 is 2. The lowest BCUT2D eigenvalue weighted by Gasteiger charge is -2.23. The number of hydrogen-bond donors (Lipinski definition) is 4. The first-order chi connectivity index (χ1) is 17.2. The van der Waals surface area contributed by atoms with Gasteiger partial charge in [-0.1, -0.05) is 13.2 Å². The fraction of sp³-hybridized carbons (Fsp3) is 0.308. The number of carbonyl (C=O) groups excluding carboxylic acids is 2. The molecule has 2 saturated heterocycles. The van der Waals surface area contributed by atoms with Crippen molar-refractivity contribution in [1.82, 2.24) is 10.6 Å². The van der Waals surface area contributed by atoms with Crippen LogP contribution in [0.3, 0.4) is 0 Å². The predicted molar refractivity (Wildman–Crippen MR) is 146 cm³/mol. The minimum atomic E-state index is -0.664. The minimum absolute atomic E-state index is 0.00680. The predicted octanol–water partition coefficient (Wildman–Crippen LogP) is 4.31. The van der Waals surface area contributed by atoms with Gasteiger partial charge < -0.3 is 30.7 Å². The Balaban J connectivity index is 0.000000148. The van der Waals surface area contributed by atoms with Crippen molar-refractivity contribution in [3.8, 4) is 11.5 Å². The van der Waals surface area contributed by atoms with Crippen LogP contribution >= 0.6 is 31.9 Å². The number of carbonyl (C=O) groups is 2. The molecule has 2 amide bonds. The van der Waals surface area contributed by atoms with Gasteiger partial charge in [-0.2, -0.15) is 0 Å². The Bertz CT molecular complexity index is 1340. The van der Waals surface area contributed by atoms with Gasteiger partial charge in [0, 0.05) is 47.0 Å². The van der Waals surface area contributed by atoms with E-state index in [2.05, 4.69) is 66.3 Å². The van der Waals surface area contributed by atoms with Gasteiger partial charge in [-0.25, -0.2) is 0 Å². The van der Waals surface area contributed by atoms with Gasteiger partial charge in [0.2, 0.25) is 11.8 Å². The summed E-state index contributed by atoms with van der Waals surface area (Å²) in [6.45, 7) is 9.52.